The third-order valence-corrected chi connectivity index (χ3v) is 3.51. The summed E-state index contributed by atoms with van der Waals surface area (Å²) in [6, 6.07) is 4.68. The molecule has 0 fully saturated rings. The Morgan fingerprint density at radius 1 is 1.19 bits per heavy atom. The smallest absolute Gasteiger partial charge is 0.341 e. The SMILES string of the molecule is CCOc1cc(C(=O)N(C)CCc2cnccn2)ccc1OCC(=O)O. The Kier molecular flexibility index (Phi) is 6.90. The third kappa shape index (κ3) is 5.44. The molecule has 0 aliphatic heterocycles. The van der Waals surface area contributed by atoms with Gasteiger partial charge in [0.25, 0.3) is 5.91 Å². The maximum Gasteiger partial charge on any atom is 0.341 e. The summed E-state index contributed by atoms with van der Waals surface area (Å²) < 4.78 is 10.6. The van der Waals surface area contributed by atoms with Crippen LogP contribution in [-0.2, 0) is 11.2 Å². The maximum atomic E-state index is 12.6. The van der Waals surface area contributed by atoms with Crippen molar-refractivity contribution in [3.63, 3.8) is 0 Å². The number of likely N-dealkylation sites (N-methyl/N-ethyl adjacent to an activating group) is 1. The lowest BCUT2D eigenvalue weighted by molar-refractivity contribution is -0.139. The Balaban J connectivity index is 2.06. The highest BCUT2D eigenvalue weighted by Gasteiger charge is 2.16. The molecule has 26 heavy (non-hydrogen) atoms. The fraction of sp³-hybridized carbons (Fsp3) is 0.333. The Morgan fingerprint density at radius 2 is 2.00 bits per heavy atom. The predicted octanol–water partition coefficient (Wildman–Crippen LogP) is 1.65. The largest absolute Gasteiger partial charge is 0.490 e. The van der Waals surface area contributed by atoms with Gasteiger partial charge in [0.1, 0.15) is 0 Å². The average molecular weight is 359 g/mol. The van der Waals surface area contributed by atoms with Gasteiger partial charge in [0.05, 0.1) is 12.3 Å². The van der Waals surface area contributed by atoms with Crippen LogP contribution < -0.4 is 9.47 Å². The van der Waals surface area contributed by atoms with Crippen molar-refractivity contribution in [3.8, 4) is 11.5 Å². The van der Waals surface area contributed by atoms with Crippen molar-refractivity contribution >= 4 is 11.9 Å². The molecule has 1 aromatic carbocycles. The monoisotopic (exact) mass is 359 g/mol. The molecule has 0 unspecified atom stereocenters. The van der Waals surface area contributed by atoms with Crippen molar-refractivity contribution in [2.75, 3.05) is 26.8 Å². The van der Waals surface area contributed by atoms with E-state index < -0.39 is 12.6 Å². The highest BCUT2D eigenvalue weighted by Crippen LogP contribution is 2.29. The molecule has 1 amide bonds. The lowest BCUT2D eigenvalue weighted by Gasteiger charge is -2.18. The van der Waals surface area contributed by atoms with Crippen LogP contribution in [0.3, 0.4) is 0 Å². The molecule has 8 nitrogen and oxygen atoms in total. The minimum Gasteiger partial charge on any atom is -0.490 e. The molecule has 1 heterocycles. The molecule has 0 radical (unpaired) electrons. The summed E-state index contributed by atoms with van der Waals surface area (Å²) in [6.45, 7) is 2.16. The second-order valence-electron chi connectivity index (χ2n) is 5.45. The first kappa shape index (κ1) is 19.2. The number of nitrogens with zero attached hydrogens (tertiary/aromatic N) is 3. The lowest BCUT2D eigenvalue weighted by Crippen LogP contribution is -2.29. The van der Waals surface area contributed by atoms with E-state index in [0.29, 0.717) is 30.9 Å². The van der Waals surface area contributed by atoms with Crippen LogP contribution in [-0.4, -0.2) is 58.7 Å². The topological polar surface area (TPSA) is 102 Å². The number of hydrogen-bond acceptors (Lipinski definition) is 6. The van der Waals surface area contributed by atoms with Gasteiger partial charge in [-0.25, -0.2) is 4.79 Å². The Morgan fingerprint density at radius 3 is 2.65 bits per heavy atom. The number of amides is 1. The molecular formula is C18H21N3O5. The van der Waals surface area contributed by atoms with Crippen molar-refractivity contribution in [1.82, 2.24) is 14.9 Å². The van der Waals surface area contributed by atoms with E-state index in [4.69, 9.17) is 14.6 Å². The highest BCUT2D eigenvalue weighted by molar-refractivity contribution is 5.94. The maximum absolute atomic E-state index is 12.6. The molecule has 0 saturated heterocycles. The van der Waals surface area contributed by atoms with E-state index in [0.717, 1.165) is 5.69 Å². The summed E-state index contributed by atoms with van der Waals surface area (Å²) in [5.41, 5.74) is 1.23. The van der Waals surface area contributed by atoms with Crippen LogP contribution in [0.2, 0.25) is 0 Å². The van der Waals surface area contributed by atoms with Crippen LogP contribution in [0.25, 0.3) is 0 Å². The number of aromatic nitrogens is 2. The molecule has 1 N–H and O–H groups in total. The zero-order chi connectivity index (χ0) is 18.9. The van der Waals surface area contributed by atoms with Gasteiger partial charge in [0.2, 0.25) is 0 Å². The second-order valence-corrected chi connectivity index (χ2v) is 5.45. The first-order valence-corrected chi connectivity index (χ1v) is 8.13. The van der Waals surface area contributed by atoms with Crippen LogP contribution in [0.15, 0.2) is 36.8 Å². The number of rotatable bonds is 9. The van der Waals surface area contributed by atoms with Gasteiger partial charge in [-0.05, 0) is 25.1 Å². The predicted molar refractivity (Wildman–Crippen MR) is 93.4 cm³/mol. The first-order valence-electron chi connectivity index (χ1n) is 8.13. The van der Waals surface area contributed by atoms with Gasteiger partial charge in [0, 0.05) is 44.2 Å². The van der Waals surface area contributed by atoms with Gasteiger partial charge in [-0.2, -0.15) is 0 Å². The molecule has 2 rings (SSSR count). The molecule has 0 atom stereocenters. The number of carboxylic acid groups (broad SMARTS) is 1. The molecule has 0 spiro atoms. The summed E-state index contributed by atoms with van der Waals surface area (Å²) in [4.78, 5) is 33.0. The Bertz CT molecular complexity index is 752. The van der Waals surface area contributed by atoms with Crippen molar-refractivity contribution in [2.45, 2.75) is 13.3 Å². The molecule has 8 heteroatoms. The first-order chi connectivity index (χ1) is 12.5. The van der Waals surface area contributed by atoms with Crippen molar-refractivity contribution in [1.29, 1.82) is 0 Å². The highest BCUT2D eigenvalue weighted by atomic mass is 16.5. The van der Waals surface area contributed by atoms with Crippen LogP contribution in [0.5, 0.6) is 11.5 Å². The summed E-state index contributed by atoms with van der Waals surface area (Å²) in [6.07, 6.45) is 5.47. The molecule has 2 aromatic rings. The van der Waals surface area contributed by atoms with Gasteiger partial charge in [-0.1, -0.05) is 0 Å². The summed E-state index contributed by atoms with van der Waals surface area (Å²) >= 11 is 0. The number of aliphatic carboxylic acids is 1. The minimum atomic E-state index is -1.09. The molecular weight excluding hydrogens is 338 g/mol. The second kappa shape index (κ2) is 9.36. The van der Waals surface area contributed by atoms with Crippen LogP contribution in [0, 0.1) is 0 Å². The van der Waals surface area contributed by atoms with Gasteiger partial charge in [0.15, 0.2) is 18.1 Å². The molecule has 138 valence electrons. The fourth-order valence-corrected chi connectivity index (χ4v) is 2.23. The molecule has 0 aliphatic rings. The van der Waals surface area contributed by atoms with Crippen LogP contribution in [0.1, 0.15) is 23.0 Å². The lowest BCUT2D eigenvalue weighted by atomic mass is 10.1. The molecule has 0 bridgehead atoms. The number of hydrogen-bond donors (Lipinski definition) is 1. The normalized spacial score (nSPS) is 10.2. The average Bonchev–Trinajstić information content (AvgIpc) is 2.65. The van der Waals surface area contributed by atoms with Gasteiger partial charge < -0.3 is 19.5 Å². The number of ether oxygens (including phenoxy) is 2. The van der Waals surface area contributed by atoms with E-state index in [1.807, 2.05) is 0 Å². The van der Waals surface area contributed by atoms with Gasteiger partial charge >= 0.3 is 5.97 Å². The molecule has 0 saturated carbocycles. The van der Waals surface area contributed by atoms with E-state index in [1.54, 1.807) is 49.6 Å². The van der Waals surface area contributed by atoms with Gasteiger partial charge in [-0.3, -0.25) is 14.8 Å². The fourth-order valence-electron chi connectivity index (χ4n) is 2.23. The number of carbonyl (C=O) groups excluding carboxylic acids is 1. The molecule has 0 aliphatic carbocycles. The zero-order valence-corrected chi connectivity index (χ0v) is 14.7. The zero-order valence-electron chi connectivity index (χ0n) is 14.7. The quantitative estimate of drug-likeness (QED) is 0.726. The van der Waals surface area contributed by atoms with Crippen molar-refractivity contribution in [2.24, 2.45) is 0 Å². The van der Waals surface area contributed by atoms with Gasteiger partial charge in [-0.15, -0.1) is 0 Å². The van der Waals surface area contributed by atoms with Crippen molar-refractivity contribution < 1.29 is 24.2 Å². The van der Waals surface area contributed by atoms with E-state index in [2.05, 4.69) is 9.97 Å². The summed E-state index contributed by atoms with van der Waals surface area (Å²) in [5.74, 6) is -0.647. The van der Waals surface area contributed by atoms with E-state index >= 15 is 0 Å². The van der Waals surface area contributed by atoms with E-state index in [1.165, 1.54) is 6.07 Å². The number of benzene rings is 1. The van der Waals surface area contributed by atoms with Crippen LogP contribution in [0.4, 0.5) is 0 Å². The standard InChI is InChI=1S/C18H21N3O5/c1-3-25-16-10-13(4-5-15(16)26-12-17(22)23)18(24)21(2)9-6-14-11-19-7-8-20-14/h4-5,7-8,10-11H,3,6,9,12H2,1-2H3,(H,22,23). The van der Waals surface area contributed by atoms with E-state index in [9.17, 15) is 9.59 Å². The van der Waals surface area contributed by atoms with E-state index in [-0.39, 0.29) is 11.7 Å². The number of carbonyl (C=O) groups is 2. The summed E-state index contributed by atoms with van der Waals surface area (Å²) in [7, 11) is 1.70. The molecule has 1 aromatic heterocycles. The Labute approximate surface area is 151 Å². The number of carboxylic acids is 1. The third-order valence-electron chi connectivity index (χ3n) is 3.51. The van der Waals surface area contributed by atoms with Crippen molar-refractivity contribution in [3.05, 3.63) is 48.0 Å². The van der Waals surface area contributed by atoms with Crippen LogP contribution >= 0.6 is 0 Å². The Hall–Kier alpha value is -3.16. The minimum absolute atomic E-state index is 0.181. The summed E-state index contributed by atoms with van der Waals surface area (Å²) in [5, 5.41) is 8.73.